The van der Waals surface area contributed by atoms with E-state index in [0.717, 1.165) is 4.90 Å². The molecule has 3 amide bonds. The molecular weight excluding hydrogens is 396 g/mol. The molecule has 0 fully saturated rings. The summed E-state index contributed by atoms with van der Waals surface area (Å²) in [5, 5.41) is 2.86. The number of rotatable bonds is 6. The fourth-order valence-corrected chi connectivity index (χ4v) is 2.88. The Balaban J connectivity index is 0.00000166. The minimum atomic E-state index is -0.479. The molecule has 2 aromatic rings. The van der Waals surface area contributed by atoms with Crippen molar-refractivity contribution < 1.29 is 23.9 Å². The molecule has 0 unspecified atom stereocenters. The van der Waals surface area contributed by atoms with Gasteiger partial charge in [0, 0.05) is 11.1 Å². The molecule has 31 heavy (non-hydrogen) atoms. The van der Waals surface area contributed by atoms with Crippen molar-refractivity contribution in [1.29, 1.82) is 0 Å². The van der Waals surface area contributed by atoms with E-state index >= 15 is 0 Å². The molecule has 0 spiro atoms. The van der Waals surface area contributed by atoms with Gasteiger partial charge in [-0.1, -0.05) is 26.0 Å². The van der Waals surface area contributed by atoms with Gasteiger partial charge in [-0.05, 0) is 57.2 Å². The second-order valence-electron chi connectivity index (χ2n) is 7.80. The molecule has 0 bridgehead atoms. The molecule has 7 heteroatoms. The molecule has 0 atom stereocenters. The Morgan fingerprint density at radius 1 is 0.903 bits per heavy atom. The second kappa shape index (κ2) is 10.0. The summed E-state index contributed by atoms with van der Waals surface area (Å²) in [6.07, 6.45) is 0. The van der Waals surface area contributed by atoms with Gasteiger partial charge in [-0.25, -0.2) is 0 Å². The first-order valence-corrected chi connectivity index (χ1v) is 10.2. The van der Waals surface area contributed by atoms with E-state index in [9.17, 15) is 19.2 Å². The quantitative estimate of drug-likeness (QED) is 0.717. The van der Waals surface area contributed by atoms with Gasteiger partial charge in [0.05, 0.1) is 17.7 Å². The molecule has 0 radical (unpaired) electrons. The topological polar surface area (TPSA) is 92.8 Å². The highest BCUT2D eigenvalue weighted by Gasteiger charge is 2.36. The van der Waals surface area contributed by atoms with Crippen LogP contribution in [0.2, 0.25) is 0 Å². The number of amides is 3. The largest absolute Gasteiger partial charge is 0.486 e. The lowest BCUT2D eigenvalue weighted by atomic mass is 10.1. The first-order valence-electron chi connectivity index (χ1n) is 10.2. The van der Waals surface area contributed by atoms with E-state index in [-0.39, 0.29) is 24.6 Å². The summed E-state index contributed by atoms with van der Waals surface area (Å²) >= 11 is 0. The normalized spacial score (nSPS) is 12.6. The van der Waals surface area contributed by atoms with Crippen LogP contribution in [-0.4, -0.2) is 47.1 Å². The fourth-order valence-electron chi connectivity index (χ4n) is 2.88. The third-order valence-corrected chi connectivity index (χ3v) is 4.22. The van der Waals surface area contributed by atoms with Crippen LogP contribution < -0.4 is 10.1 Å². The molecule has 1 aliphatic rings. The van der Waals surface area contributed by atoms with E-state index in [1.165, 1.54) is 0 Å². The van der Waals surface area contributed by atoms with Gasteiger partial charge in [0.1, 0.15) is 12.4 Å². The Bertz CT molecular complexity index is 939. The van der Waals surface area contributed by atoms with Gasteiger partial charge in [0.15, 0.2) is 5.78 Å². The highest BCUT2D eigenvalue weighted by molar-refractivity contribution is 6.22. The molecule has 0 saturated carbocycles. The summed E-state index contributed by atoms with van der Waals surface area (Å²) in [4.78, 5) is 49.8. The van der Waals surface area contributed by atoms with Crippen molar-refractivity contribution in [3.63, 3.8) is 0 Å². The average Bonchev–Trinajstić information content (AvgIpc) is 2.98. The lowest BCUT2D eigenvalue weighted by Gasteiger charge is -2.20. The molecule has 1 N–H and O–H groups in total. The highest BCUT2D eigenvalue weighted by Crippen LogP contribution is 2.22. The first-order chi connectivity index (χ1) is 14.7. The highest BCUT2D eigenvalue weighted by atomic mass is 16.5. The molecular formula is C24H28N2O5. The Morgan fingerprint density at radius 2 is 1.42 bits per heavy atom. The van der Waals surface area contributed by atoms with Crippen molar-refractivity contribution in [1.82, 2.24) is 10.2 Å². The third kappa shape index (κ3) is 6.01. The number of fused-ring (bicyclic) bond motifs is 1. The number of nitrogens with one attached hydrogen (secondary N) is 1. The second-order valence-corrected chi connectivity index (χ2v) is 7.80. The molecule has 7 nitrogen and oxygen atoms in total. The number of carbonyl (C=O) groups is 4. The maximum Gasteiger partial charge on any atom is 0.261 e. The van der Waals surface area contributed by atoms with E-state index in [4.69, 9.17) is 4.74 Å². The number of carbonyl (C=O) groups excluding carboxylic acids is 4. The van der Waals surface area contributed by atoms with Gasteiger partial charge >= 0.3 is 0 Å². The lowest BCUT2D eigenvalue weighted by Crippen LogP contribution is -2.40. The van der Waals surface area contributed by atoms with E-state index in [2.05, 4.69) is 5.32 Å². The maximum absolute atomic E-state index is 12.3. The molecule has 3 rings (SSSR count). The lowest BCUT2D eigenvalue weighted by molar-refractivity contribution is -0.121. The van der Waals surface area contributed by atoms with Crippen LogP contribution in [0.25, 0.3) is 0 Å². The molecule has 1 heterocycles. The zero-order valence-corrected chi connectivity index (χ0v) is 18.5. The molecule has 2 aromatic carbocycles. The van der Waals surface area contributed by atoms with E-state index in [1.807, 2.05) is 34.6 Å². The SMILES string of the molecule is CC.CC(C)(C)NC(=O)c1ccc(OCC(=O)CN2C(=O)c3ccccc3C2=O)cc1. The number of ketones is 1. The van der Waals surface area contributed by atoms with Crippen LogP contribution >= 0.6 is 0 Å². The van der Waals surface area contributed by atoms with Crippen molar-refractivity contribution in [2.24, 2.45) is 0 Å². The van der Waals surface area contributed by atoms with E-state index in [0.29, 0.717) is 22.4 Å². The predicted molar refractivity (Wildman–Crippen MR) is 117 cm³/mol. The van der Waals surface area contributed by atoms with Crippen LogP contribution in [0.1, 0.15) is 65.7 Å². The van der Waals surface area contributed by atoms with Crippen molar-refractivity contribution in [2.75, 3.05) is 13.2 Å². The minimum absolute atomic E-state index is 0.203. The predicted octanol–water partition coefficient (Wildman–Crippen LogP) is 3.49. The van der Waals surface area contributed by atoms with Crippen LogP contribution in [0.3, 0.4) is 0 Å². The van der Waals surface area contributed by atoms with Gasteiger partial charge < -0.3 is 10.1 Å². The summed E-state index contributed by atoms with van der Waals surface area (Å²) in [6.45, 7) is 9.03. The molecule has 0 aliphatic carbocycles. The first kappa shape index (κ1) is 23.8. The fraction of sp³-hybridized carbons (Fsp3) is 0.333. The maximum atomic E-state index is 12.3. The standard InChI is InChI=1S/C22H22N2O5.C2H6/c1-22(2,3)23-19(26)14-8-10-16(11-9-14)29-13-15(25)12-24-20(27)17-6-4-5-7-18(17)21(24)28;1-2/h4-11H,12-13H2,1-3H3,(H,23,26);1-2H3. The van der Waals surface area contributed by atoms with Crippen molar-refractivity contribution in [3.8, 4) is 5.75 Å². The Kier molecular flexibility index (Phi) is 7.69. The average molecular weight is 424 g/mol. The molecule has 0 saturated heterocycles. The number of imide groups is 1. The number of nitrogens with zero attached hydrogens (tertiary/aromatic N) is 1. The zero-order valence-electron chi connectivity index (χ0n) is 18.5. The number of ether oxygens (including phenoxy) is 1. The molecule has 164 valence electrons. The molecule has 0 aromatic heterocycles. The number of hydrogen-bond acceptors (Lipinski definition) is 5. The van der Waals surface area contributed by atoms with Gasteiger partial charge in [0.2, 0.25) is 0 Å². The summed E-state index contributed by atoms with van der Waals surface area (Å²) in [5.74, 6) is -1.16. The summed E-state index contributed by atoms with van der Waals surface area (Å²) < 4.78 is 5.43. The Morgan fingerprint density at radius 3 is 1.90 bits per heavy atom. The van der Waals surface area contributed by atoms with Crippen molar-refractivity contribution in [2.45, 2.75) is 40.2 Å². The van der Waals surface area contributed by atoms with Crippen molar-refractivity contribution in [3.05, 3.63) is 65.2 Å². The van der Waals surface area contributed by atoms with Crippen molar-refractivity contribution >= 4 is 23.5 Å². The van der Waals surface area contributed by atoms with Crippen LogP contribution in [0.15, 0.2) is 48.5 Å². The smallest absolute Gasteiger partial charge is 0.261 e. The molecule has 1 aliphatic heterocycles. The third-order valence-electron chi connectivity index (χ3n) is 4.22. The van der Waals surface area contributed by atoms with E-state index < -0.39 is 17.6 Å². The van der Waals surface area contributed by atoms with Gasteiger partial charge in [-0.2, -0.15) is 0 Å². The number of Topliss-reactive ketones (excluding diaryl/α,β-unsaturated/α-hetero) is 1. The van der Waals surface area contributed by atoms with E-state index in [1.54, 1.807) is 48.5 Å². The van der Waals surface area contributed by atoms with Gasteiger partial charge in [-0.3, -0.25) is 24.1 Å². The van der Waals surface area contributed by atoms with Crippen LogP contribution in [0.4, 0.5) is 0 Å². The number of benzene rings is 2. The zero-order chi connectivity index (χ0) is 23.2. The Hall–Kier alpha value is -3.48. The minimum Gasteiger partial charge on any atom is -0.486 e. The van der Waals surface area contributed by atoms with Gasteiger partial charge in [-0.15, -0.1) is 0 Å². The van der Waals surface area contributed by atoms with Crippen LogP contribution in [0, 0.1) is 0 Å². The van der Waals surface area contributed by atoms with Gasteiger partial charge in [0.25, 0.3) is 17.7 Å². The monoisotopic (exact) mass is 424 g/mol. The summed E-state index contributed by atoms with van der Waals surface area (Å²) in [6, 6.07) is 12.9. The Labute approximate surface area is 182 Å². The number of hydrogen-bond donors (Lipinski definition) is 1. The summed E-state index contributed by atoms with van der Waals surface area (Å²) in [5.41, 5.74) is 0.735. The van der Waals surface area contributed by atoms with Crippen LogP contribution in [0.5, 0.6) is 5.75 Å². The van der Waals surface area contributed by atoms with Crippen LogP contribution in [-0.2, 0) is 4.79 Å². The summed E-state index contributed by atoms with van der Waals surface area (Å²) in [7, 11) is 0.